The Morgan fingerprint density at radius 2 is 1.36 bits per heavy atom. The Hall–Kier alpha value is -4.03. The van der Waals surface area contributed by atoms with Crippen LogP contribution in [-0.2, 0) is 38.1 Å². The molecule has 4 rings (SSSR count). The smallest absolute Gasteiger partial charge is 0.303 e. The zero-order valence-electron chi connectivity index (χ0n) is 20.1. The normalized spacial score (nSPS) is 27.5. The van der Waals surface area contributed by atoms with Crippen molar-refractivity contribution in [3.05, 3.63) is 17.2 Å². The number of benzene rings is 1. The van der Waals surface area contributed by atoms with Crippen LogP contribution in [0.1, 0.15) is 49.5 Å². The van der Waals surface area contributed by atoms with Gasteiger partial charge < -0.3 is 38.5 Å². The molecule has 13 heteroatoms. The van der Waals surface area contributed by atoms with Crippen molar-refractivity contribution in [3.8, 4) is 17.2 Å². The SMILES string of the molecule is COc1c2c(cc3c1C(=O)N[C@H]1[C@H](OC(C)=O)[C@H](OC(C)=O)[C@@H](OC(C)=O)[C@H](OC(C)=O)[C@H]31)OCO2. The van der Waals surface area contributed by atoms with E-state index in [0.29, 0.717) is 5.56 Å². The highest BCUT2D eigenvalue weighted by Crippen LogP contribution is 2.51. The van der Waals surface area contributed by atoms with E-state index in [1.807, 2.05) is 0 Å². The van der Waals surface area contributed by atoms with Gasteiger partial charge in [-0.2, -0.15) is 0 Å². The molecule has 2 aliphatic heterocycles. The average molecular weight is 507 g/mol. The first kappa shape index (κ1) is 25.1. The van der Waals surface area contributed by atoms with Crippen LogP contribution < -0.4 is 19.5 Å². The van der Waals surface area contributed by atoms with E-state index in [0.717, 1.165) is 27.7 Å². The Balaban J connectivity index is 1.97. The molecule has 1 aromatic rings. The van der Waals surface area contributed by atoms with E-state index in [1.165, 1.54) is 13.2 Å². The van der Waals surface area contributed by atoms with Crippen molar-refractivity contribution >= 4 is 29.8 Å². The van der Waals surface area contributed by atoms with Gasteiger partial charge in [0.15, 0.2) is 35.9 Å². The molecule has 1 aromatic carbocycles. The van der Waals surface area contributed by atoms with Gasteiger partial charge >= 0.3 is 23.9 Å². The standard InChI is InChI=1S/C23H25NO12/c1-8(25)33-19-14-12-6-13-17(32-7-31-13)18(30-5)15(12)23(29)24-16(14)20(34-9(2)26)22(36-11(4)28)21(19)35-10(3)27/h6,14,16,19-22H,7H2,1-5H3,(H,24,29)/t14-,16-,19-,20+,21+,22+/m1/s1. The first-order chi connectivity index (χ1) is 17.0. The lowest BCUT2D eigenvalue weighted by molar-refractivity contribution is -0.217. The summed E-state index contributed by atoms with van der Waals surface area (Å²) in [6.45, 7) is 4.42. The minimum Gasteiger partial charge on any atom is -0.492 e. The molecule has 194 valence electrons. The van der Waals surface area contributed by atoms with Gasteiger partial charge in [0.2, 0.25) is 12.5 Å². The molecule has 6 atom stereocenters. The fourth-order valence-corrected chi connectivity index (χ4v) is 5.00. The van der Waals surface area contributed by atoms with E-state index in [1.54, 1.807) is 0 Å². The van der Waals surface area contributed by atoms with Crippen molar-refractivity contribution in [1.82, 2.24) is 5.32 Å². The molecular weight excluding hydrogens is 482 g/mol. The van der Waals surface area contributed by atoms with Crippen LogP contribution in [0, 0.1) is 0 Å². The summed E-state index contributed by atoms with van der Waals surface area (Å²) in [6, 6.07) is 0.481. The van der Waals surface area contributed by atoms with E-state index < -0.39 is 66.2 Å². The molecule has 1 fully saturated rings. The quantitative estimate of drug-likeness (QED) is 0.431. The molecule has 1 amide bonds. The number of carbonyl (C=O) groups excluding carboxylic acids is 5. The average Bonchev–Trinajstić information content (AvgIpc) is 3.24. The van der Waals surface area contributed by atoms with Gasteiger partial charge in [-0.15, -0.1) is 0 Å². The lowest BCUT2D eigenvalue weighted by atomic mass is 9.69. The number of amides is 1. The van der Waals surface area contributed by atoms with E-state index >= 15 is 0 Å². The van der Waals surface area contributed by atoms with E-state index in [4.69, 9.17) is 33.2 Å². The molecule has 0 radical (unpaired) electrons. The lowest BCUT2D eigenvalue weighted by Crippen LogP contribution is -2.69. The Labute approximate surface area is 205 Å². The van der Waals surface area contributed by atoms with Gasteiger partial charge in [-0.05, 0) is 11.6 Å². The van der Waals surface area contributed by atoms with Crippen molar-refractivity contribution in [2.24, 2.45) is 0 Å². The summed E-state index contributed by atoms with van der Waals surface area (Å²) in [7, 11) is 1.35. The molecule has 3 aliphatic rings. The number of hydrogen-bond acceptors (Lipinski definition) is 12. The van der Waals surface area contributed by atoms with Crippen LogP contribution in [-0.4, -0.2) is 74.1 Å². The van der Waals surface area contributed by atoms with E-state index in [2.05, 4.69) is 5.32 Å². The van der Waals surface area contributed by atoms with Crippen LogP contribution in [0.25, 0.3) is 0 Å². The van der Waals surface area contributed by atoms with Crippen molar-refractivity contribution in [2.75, 3.05) is 13.9 Å². The zero-order chi connectivity index (χ0) is 26.3. The van der Waals surface area contributed by atoms with Gasteiger partial charge in [-0.3, -0.25) is 24.0 Å². The summed E-state index contributed by atoms with van der Waals surface area (Å²) >= 11 is 0. The largest absolute Gasteiger partial charge is 0.492 e. The monoisotopic (exact) mass is 507 g/mol. The van der Waals surface area contributed by atoms with E-state index in [9.17, 15) is 24.0 Å². The van der Waals surface area contributed by atoms with Crippen LogP contribution in [0.3, 0.4) is 0 Å². The third-order valence-corrected chi connectivity index (χ3v) is 6.01. The maximum Gasteiger partial charge on any atom is 0.303 e. The van der Waals surface area contributed by atoms with Crippen molar-refractivity contribution < 1.29 is 57.1 Å². The third kappa shape index (κ3) is 4.36. The van der Waals surface area contributed by atoms with Gasteiger partial charge in [0.05, 0.1) is 24.6 Å². The van der Waals surface area contributed by atoms with Crippen LogP contribution in [0.15, 0.2) is 6.07 Å². The first-order valence-electron chi connectivity index (χ1n) is 11.0. The number of rotatable bonds is 5. The molecule has 13 nitrogen and oxygen atoms in total. The molecule has 1 aliphatic carbocycles. The summed E-state index contributed by atoms with van der Waals surface area (Å²) in [6.07, 6.45) is -5.36. The number of ether oxygens (including phenoxy) is 7. The summed E-state index contributed by atoms with van der Waals surface area (Å²) in [5, 5.41) is 2.76. The van der Waals surface area contributed by atoms with Crippen molar-refractivity contribution in [1.29, 1.82) is 0 Å². The fourth-order valence-electron chi connectivity index (χ4n) is 5.00. The second-order valence-corrected chi connectivity index (χ2v) is 8.43. The van der Waals surface area contributed by atoms with Crippen molar-refractivity contribution in [3.63, 3.8) is 0 Å². The first-order valence-corrected chi connectivity index (χ1v) is 11.0. The van der Waals surface area contributed by atoms with Crippen LogP contribution in [0.4, 0.5) is 0 Å². The van der Waals surface area contributed by atoms with Gasteiger partial charge in [0.1, 0.15) is 0 Å². The highest BCUT2D eigenvalue weighted by Gasteiger charge is 2.60. The van der Waals surface area contributed by atoms with Crippen LogP contribution in [0.5, 0.6) is 17.2 Å². The number of carbonyl (C=O) groups is 5. The molecule has 2 heterocycles. The maximum atomic E-state index is 13.3. The minimum atomic E-state index is -1.40. The van der Waals surface area contributed by atoms with Gasteiger partial charge in [-0.25, -0.2) is 0 Å². The van der Waals surface area contributed by atoms with Gasteiger partial charge in [0.25, 0.3) is 5.91 Å². The molecule has 0 saturated heterocycles. The Morgan fingerprint density at radius 1 is 0.833 bits per heavy atom. The molecule has 1 N–H and O–H groups in total. The summed E-state index contributed by atoms with van der Waals surface area (Å²) < 4.78 is 38.5. The number of esters is 4. The number of methoxy groups -OCH3 is 1. The highest BCUT2D eigenvalue weighted by molar-refractivity contribution is 6.02. The summed E-state index contributed by atoms with van der Waals surface area (Å²) in [5.74, 6) is -3.97. The third-order valence-electron chi connectivity index (χ3n) is 6.01. The highest BCUT2D eigenvalue weighted by atomic mass is 16.7. The second kappa shape index (κ2) is 9.55. The number of nitrogens with one attached hydrogen (secondary N) is 1. The topological polar surface area (TPSA) is 162 Å². The Bertz CT molecular complexity index is 1130. The van der Waals surface area contributed by atoms with Crippen molar-refractivity contribution in [2.45, 2.75) is 64.1 Å². The zero-order valence-corrected chi connectivity index (χ0v) is 20.1. The van der Waals surface area contributed by atoms with E-state index in [-0.39, 0.29) is 29.6 Å². The molecule has 0 spiro atoms. The Kier molecular flexibility index (Phi) is 6.65. The summed E-state index contributed by atoms with van der Waals surface area (Å²) in [4.78, 5) is 61.7. The molecule has 0 bridgehead atoms. The second-order valence-electron chi connectivity index (χ2n) is 8.43. The van der Waals surface area contributed by atoms with Crippen LogP contribution >= 0.6 is 0 Å². The fraction of sp³-hybridized carbons (Fsp3) is 0.522. The Morgan fingerprint density at radius 3 is 1.92 bits per heavy atom. The molecular formula is C23H25NO12. The number of fused-ring (bicyclic) bond motifs is 4. The molecule has 1 saturated carbocycles. The maximum absolute atomic E-state index is 13.3. The predicted octanol–water partition coefficient (Wildman–Crippen LogP) is 0.360. The molecule has 0 aromatic heterocycles. The molecule has 36 heavy (non-hydrogen) atoms. The molecule has 0 unspecified atom stereocenters. The summed E-state index contributed by atoms with van der Waals surface area (Å²) in [5.41, 5.74) is 0.390. The lowest BCUT2D eigenvalue weighted by Gasteiger charge is -2.50. The van der Waals surface area contributed by atoms with Gasteiger partial charge in [0, 0.05) is 27.7 Å². The number of hydrogen-bond donors (Lipinski definition) is 1. The predicted molar refractivity (Wildman–Crippen MR) is 115 cm³/mol. The minimum absolute atomic E-state index is 0.0780. The van der Waals surface area contributed by atoms with Crippen LogP contribution in [0.2, 0.25) is 0 Å². The van der Waals surface area contributed by atoms with Gasteiger partial charge in [-0.1, -0.05) is 0 Å².